The molecule has 0 radical (unpaired) electrons. The zero-order chi connectivity index (χ0) is 19.4. The van der Waals surface area contributed by atoms with E-state index in [0.29, 0.717) is 44.4 Å². The van der Waals surface area contributed by atoms with Gasteiger partial charge in [-0.1, -0.05) is 38.1 Å². The summed E-state index contributed by atoms with van der Waals surface area (Å²) in [6, 6.07) is 8.92. The molecule has 6 nitrogen and oxygen atoms in total. The largest absolute Gasteiger partial charge is 0.369 e. The number of nitrogens with zero attached hydrogens (tertiary/aromatic N) is 2. The van der Waals surface area contributed by atoms with Gasteiger partial charge in [0.15, 0.2) is 0 Å². The zero-order valence-electron chi connectivity index (χ0n) is 16.5. The second-order valence-corrected chi connectivity index (χ2v) is 8.15. The van der Waals surface area contributed by atoms with Crippen LogP contribution in [0.2, 0.25) is 0 Å². The van der Waals surface area contributed by atoms with Gasteiger partial charge in [-0.15, -0.1) is 0 Å². The number of hydrogen-bond acceptors (Lipinski definition) is 3. The Kier molecular flexibility index (Phi) is 6.37. The summed E-state index contributed by atoms with van der Waals surface area (Å²) < 4.78 is 0. The first-order chi connectivity index (χ1) is 13.0. The van der Waals surface area contributed by atoms with Crippen molar-refractivity contribution in [1.82, 2.24) is 15.1 Å². The predicted molar refractivity (Wildman–Crippen MR) is 106 cm³/mol. The normalized spacial score (nSPS) is 19.6. The molecule has 3 N–H and O–H groups in total. The number of carbonyl (C=O) groups is 2. The fraction of sp³-hybridized carbons (Fsp3) is 0.619. The number of primary amides is 1. The fourth-order valence-corrected chi connectivity index (χ4v) is 4.26. The number of amides is 3. The SMILES string of the molecule is CC(C)C(CNC(=O)N1CCC(C(N)=O)CC1)N1CCc2ccccc2C1. The van der Waals surface area contributed by atoms with Gasteiger partial charge in [0.05, 0.1) is 0 Å². The van der Waals surface area contributed by atoms with Crippen molar-refractivity contribution in [3.05, 3.63) is 35.4 Å². The third kappa shape index (κ3) is 4.80. The van der Waals surface area contributed by atoms with Crippen LogP contribution in [-0.2, 0) is 17.8 Å². The average molecular weight is 373 g/mol. The molecule has 1 unspecified atom stereocenters. The Morgan fingerprint density at radius 2 is 1.81 bits per heavy atom. The van der Waals surface area contributed by atoms with E-state index < -0.39 is 0 Å². The van der Waals surface area contributed by atoms with Crippen LogP contribution in [-0.4, -0.2) is 54.0 Å². The molecular formula is C21H32N4O2. The van der Waals surface area contributed by atoms with Gasteiger partial charge in [0.1, 0.15) is 0 Å². The molecular weight excluding hydrogens is 340 g/mol. The van der Waals surface area contributed by atoms with Crippen molar-refractivity contribution in [3.63, 3.8) is 0 Å². The summed E-state index contributed by atoms with van der Waals surface area (Å²) in [5.74, 6) is 0.113. The Morgan fingerprint density at radius 1 is 1.15 bits per heavy atom. The van der Waals surface area contributed by atoms with E-state index in [1.165, 1.54) is 11.1 Å². The van der Waals surface area contributed by atoms with Crippen molar-refractivity contribution in [2.75, 3.05) is 26.2 Å². The number of nitrogens with two attached hydrogens (primary N) is 1. The van der Waals surface area contributed by atoms with Gasteiger partial charge >= 0.3 is 6.03 Å². The number of piperidine rings is 1. The quantitative estimate of drug-likeness (QED) is 0.829. The molecule has 0 aliphatic carbocycles. The topological polar surface area (TPSA) is 78.7 Å². The monoisotopic (exact) mass is 372 g/mol. The lowest BCUT2D eigenvalue weighted by atomic mass is 9.95. The Morgan fingerprint density at radius 3 is 2.44 bits per heavy atom. The maximum absolute atomic E-state index is 12.6. The third-order valence-electron chi connectivity index (χ3n) is 6.05. The molecule has 1 aromatic carbocycles. The van der Waals surface area contributed by atoms with Crippen LogP contribution < -0.4 is 11.1 Å². The zero-order valence-corrected chi connectivity index (χ0v) is 16.5. The molecule has 1 fully saturated rings. The predicted octanol–water partition coefficient (Wildman–Crippen LogP) is 1.98. The van der Waals surface area contributed by atoms with Gasteiger partial charge in [0, 0.05) is 44.7 Å². The Labute approximate surface area is 162 Å². The molecule has 2 aliphatic rings. The number of rotatable bonds is 5. The Balaban J connectivity index is 1.53. The maximum atomic E-state index is 12.6. The standard InChI is InChI=1S/C21H32N4O2/c1-15(2)19(25-12-7-16-5-3-4-6-18(16)14-25)13-23-21(27)24-10-8-17(9-11-24)20(22)26/h3-6,15,17,19H,7-14H2,1-2H3,(H2,22,26)(H,23,27). The van der Waals surface area contributed by atoms with Crippen molar-refractivity contribution in [1.29, 1.82) is 0 Å². The van der Waals surface area contributed by atoms with Gasteiger partial charge in [-0.3, -0.25) is 9.69 Å². The van der Waals surface area contributed by atoms with Crippen LogP contribution >= 0.6 is 0 Å². The van der Waals surface area contributed by atoms with E-state index in [4.69, 9.17) is 5.73 Å². The summed E-state index contributed by atoms with van der Waals surface area (Å²) in [5.41, 5.74) is 8.21. The van der Waals surface area contributed by atoms with Crippen LogP contribution in [0.25, 0.3) is 0 Å². The average Bonchev–Trinajstić information content (AvgIpc) is 2.67. The summed E-state index contributed by atoms with van der Waals surface area (Å²) in [6.45, 7) is 8.25. The van der Waals surface area contributed by atoms with Crippen LogP contribution in [0.4, 0.5) is 4.79 Å². The Bertz CT molecular complexity index is 668. The number of fused-ring (bicyclic) bond motifs is 1. The number of nitrogens with one attached hydrogen (secondary N) is 1. The highest BCUT2D eigenvalue weighted by Crippen LogP contribution is 2.23. The van der Waals surface area contributed by atoms with Crippen LogP contribution in [0.15, 0.2) is 24.3 Å². The van der Waals surface area contributed by atoms with E-state index in [-0.39, 0.29) is 17.9 Å². The van der Waals surface area contributed by atoms with E-state index in [1.54, 1.807) is 0 Å². The van der Waals surface area contributed by atoms with Crippen LogP contribution in [0, 0.1) is 11.8 Å². The first kappa shape index (κ1) is 19.7. The number of carbonyl (C=O) groups excluding carboxylic acids is 2. The fourth-order valence-electron chi connectivity index (χ4n) is 4.26. The van der Waals surface area contributed by atoms with Crippen molar-refractivity contribution < 1.29 is 9.59 Å². The van der Waals surface area contributed by atoms with E-state index in [0.717, 1.165) is 19.5 Å². The van der Waals surface area contributed by atoms with Crippen LogP contribution in [0.1, 0.15) is 37.8 Å². The number of urea groups is 1. The minimum absolute atomic E-state index is 0.0269. The third-order valence-corrected chi connectivity index (χ3v) is 6.05. The minimum Gasteiger partial charge on any atom is -0.369 e. The van der Waals surface area contributed by atoms with E-state index >= 15 is 0 Å². The summed E-state index contributed by atoms with van der Waals surface area (Å²) in [5, 5.41) is 3.13. The second kappa shape index (κ2) is 8.74. The molecule has 2 heterocycles. The summed E-state index contributed by atoms with van der Waals surface area (Å²) in [4.78, 5) is 28.1. The molecule has 6 heteroatoms. The second-order valence-electron chi connectivity index (χ2n) is 8.15. The number of benzene rings is 1. The van der Waals surface area contributed by atoms with Gasteiger partial charge < -0.3 is 16.0 Å². The van der Waals surface area contributed by atoms with Crippen LogP contribution in [0.3, 0.4) is 0 Å². The summed E-state index contributed by atoms with van der Waals surface area (Å²) in [7, 11) is 0. The molecule has 0 aromatic heterocycles. The molecule has 1 atom stereocenters. The van der Waals surface area contributed by atoms with Gasteiger partial charge in [-0.2, -0.15) is 0 Å². The highest BCUT2D eigenvalue weighted by atomic mass is 16.2. The number of hydrogen-bond donors (Lipinski definition) is 2. The van der Waals surface area contributed by atoms with Gasteiger partial charge in [0.2, 0.25) is 5.91 Å². The smallest absolute Gasteiger partial charge is 0.317 e. The molecule has 148 valence electrons. The van der Waals surface area contributed by atoms with Crippen molar-refractivity contribution in [2.45, 2.75) is 45.7 Å². The highest BCUT2D eigenvalue weighted by Gasteiger charge is 2.29. The molecule has 3 amide bonds. The van der Waals surface area contributed by atoms with Crippen LogP contribution in [0.5, 0.6) is 0 Å². The lowest BCUT2D eigenvalue weighted by molar-refractivity contribution is -0.123. The molecule has 2 aliphatic heterocycles. The van der Waals surface area contributed by atoms with E-state index in [2.05, 4.69) is 48.3 Å². The minimum atomic E-state index is -0.250. The first-order valence-electron chi connectivity index (χ1n) is 10.1. The van der Waals surface area contributed by atoms with Crippen molar-refractivity contribution in [3.8, 4) is 0 Å². The van der Waals surface area contributed by atoms with E-state index in [1.807, 2.05) is 4.90 Å². The number of likely N-dealkylation sites (tertiary alicyclic amines) is 1. The molecule has 0 spiro atoms. The lowest BCUT2D eigenvalue weighted by Gasteiger charge is -2.38. The molecule has 1 saturated heterocycles. The maximum Gasteiger partial charge on any atom is 0.317 e. The van der Waals surface area contributed by atoms with Crippen molar-refractivity contribution >= 4 is 11.9 Å². The molecule has 3 rings (SSSR count). The molecule has 0 bridgehead atoms. The van der Waals surface area contributed by atoms with E-state index in [9.17, 15) is 9.59 Å². The molecule has 27 heavy (non-hydrogen) atoms. The molecule has 1 aromatic rings. The lowest BCUT2D eigenvalue weighted by Crippen LogP contribution is -2.52. The molecule has 0 saturated carbocycles. The Hall–Kier alpha value is -2.08. The summed E-state index contributed by atoms with van der Waals surface area (Å²) in [6.07, 6.45) is 2.40. The first-order valence-corrected chi connectivity index (χ1v) is 10.1. The highest BCUT2D eigenvalue weighted by molar-refractivity contribution is 5.78. The van der Waals surface area contributed by atoms with Gasteiger partial charge in [-0.05, 0) is 36.3 Å². The van der Waals surface area contributed by atoms with Gasteiger partial charge in [-0.25, -0.2) is 4.79 Å². The summed E-state index contributed by atoms with van der Waals surface area (Å²) >= 11 is 0. The van der Waals surface area contributed by atoms with Gasteiger partial charge in [0.25, 0.3) is 0 Å². The van der Waals surface area contributed by atoms with Crippen molar-refractivity contribution in [2.24, 2.45) is 17.6 Å².